The standard InChI is InChI=1S/C21H32O3/c1-2-3-4-5-6-7-8-9-10-11-12-13-15-18-16-14-17-19(22)20(18)21(23)24/h5-6,14,16-17,22H,2-4,7-13,15H2,1H3,(H,23,24)/b6-5-. The Balaban J connectivity index is 2.10. The van der Waals surface area contributed by atoms with Gasteiger partial charge in [0.05, 0.1) is 0 Å². The minimum Gasteiger partial charge on any atom is -0.507 e. The number of phenols is 1. The summed E-state index contributed by atoms with van der Waals surface area (Å²) in [6, 6.07) is 4.95. The number of carbonyl (C=O) groups is 1. The van der Waals surface area contributed by atoms with Crippen molar-refractivity contribution < 1.29 is 15.0 Å². The van der Waals surface area contributed by atoms with E-state index in [1.165, 1.54) is 57.4 Å². The summed E-state index contributed by atoms with van der Waals surface area (Å²) < 4.78 is 0. The molecule has 0 fully saturated rings. The first kappa shape index (κ1) is 20.3. The summed E-state index contributed by atoms with van der Waals surface area (Å²) in [6.45, 7) is 2.22. The van der Waals surface area contributed by atoms with Crippen molar-refractivity contribution in [1.29, 1.82) is 0 Å². The summed E-state index contributed by atoms with van der Waals surface area (Å²) >= 11 is 0. The molecule has 24 heavy (non-hydrogen) atoms. The molecule has 0 saturated heterocycles. The summed E-state index contributed by atoms with van der Waals surface area (Å²) in [4.78, 5) is 11.2. The summed E-state index contributed by atoms with van der Waals surface area (Å²) in [6.07, 6.45) is 17.3. The van der Waals surface area contributed by atoms with E-state index in [9.17, 15) is 15.0 Å². The van der Waals surface area contributed by atoms with Crippen molar-refractivity contribution in [3.8, 4) is 5.75 Å². The highest BCUT2D eigenvalue weighted by Gasteiger charge is 2.14. The minimum absolute atomic E-state index is 0.0624. The van der Waals surface area contributed by atoms with E-state index in [0.717, 1.165) is 24.8 Å². The highest BCUT2D eigenvalue weighted by molar-refractivity contribution is 5.92. The number of hydrogen-bond donors (Lipinski definition) is 2. The van der Waals surface area contributed by atoms with Crippen LogP contribution in [0.25, 0.3) is 0 Å². The van der Waals surface area contributed by atoms with Crippen molar-refractivity contribution in [2.45, 2.75) is 77.6 Å². The summed E-state index contributed by atoms with van der Waals surface area (Å²) in [5.41, 5.74) is 0.798. The number of rotatable bonds is 13. The number of allylic oxidation sites excluding steroid dienone is 2. The number of carboxylic acid groups (broad SMARTS) is 1. The zero-order chi connectivity index (χ0) is 17.6. The van der Waals surface area contributed by atoms with Crippen LogP contribution >= 0.6 is 0 Å². The number of benzene rings is 1. The zero-order valence-corrected chi connectivity index (χ0v) is 15.0. The van der Waals surface area contributed by atoms with Gasteiger partial charge in [-0.1, -0.05) is 69.7 Å². The maximum atomic E-state index is 11.2. The number of hydrogen-bond acceptors (Lipinski definition) is 2. The van der Waals surface area contributed by atoms with Gasteiger partial charge in [-0.15, -0.1) is 0 Å². The van der Waals surface area contributed by atoms with Crippen molar-refractivity contribution in [3.05, 3.63) is 41.5 Å². The second-order valence-corrected chi connectivity index (χ2v) is 6.39. The molecule has 0 heterocycles. The summed E-state index contributed by atoms with van der Waals surface area (Å²) in [7, 11) is 0. The molecule has 3 nitrogen and oxygen atoms in total. The molecule has 3 heteroatoms. The Morgan fingerprint density at radius 2 is 1.58 bits per heavy atom. The molecular weight excluding hydrogens is 300 g/mol. The van der Waals surface area contributed by atoms with E-state index in [4.69, 9.17) is 0 Å². The van der Waals surface area contributed by atoms with Gasteiger partial charge in [-0.25, -0.2) is 4.79 Å². The smallest absolute Gasteiger partial charge is 0.339 e. The lowest BCUT2D eigenvalue weighted by atomic mass is 9.99. The van der Waals surface area contributed by atoms with Crippen molar-refractivity contribution in [3.63, 3.8) is 0 Å². The van der Waals surface area contributed by atoms with Gasteiger partial charge in [0.15, 0.2) is 0 Å². The molecule has 0 bridgehead atoms. The van der Waals surface area contributed by atoms with E-state index in [0.29, 0.717) is 0 Å². The molecule has 0 unspecified atom stereocenters. The van der Waals surface area contributed by atoms with Gasteiger partial charge >= 0.3 is 5.97 Å². The molecular formula is C21H32O3. The van der Waals surface area contributed by atoms with Gasteiger partial charge < -0.3 is 10.2 Å². The molecule has 0 aromatic heterocycles. The van der Waals surface area contributed by atoms with Crippen LogP contribution in [0.1, 0.15) is 87.1 Å². The van der Waals surface area contributed by atoms with Crippen molar-refractivity contribution in [1.82, 2.24) is 0 Å². The summed E-state index contributed by atoms with van der Waals surface area (Å²) in [5, 5.41) is 18.8. The molecule has 1 aromatic rings. The number of carboxylic acids is 1. The fourth-order valence-corrected chi connectivity index (χ4v) is 2.88. The Bertz CT molecular complexity index is 506. The Morgan fingerprint density at radius 3 is 2.25 bits per heavy atom. The maximum absolute atomic E-state index is 11.2. The van der Waals surface area contributed by atoms with Crippen LogP contribution in [0.4, 0.5) is 0 Å². The van der Waals surface area contributed by atoms with Crippen LogP contribution in [-0.2, 0) is 6.42 Å². The third-order valence-electron chi connectivity index (χ3n) is 4.30. The van der Waals surface area contributed by atoms with Gasteiger partial charge in [0, 0.05) is 0 Å². The molecule has 0 amide bonds. The van der Waals surface area contributed by atoms with Crippen molar-refractivity contribution >= 4 is 5.97 Å². The molecule has 0 radical (unpaired) electrons. The van der Waals surface area contributed by atoms with E-state index >= 15 is 0 Å². The Labute approximate surface area is 146 Å². The van der Waals surface area contributed by atoms with Crippen LogP contribution in [0, 0.1) is 0 Å². The van der Waals surface area contributed by atoms with E-state index in [1.807, 2.05) is 0 Å². The van der Waals surface area contributed by atoms with Crippen LogP contribution in [0.2, 0.25) is 0 Å². The average Bonchev–Trinajstić information content (AvgIpc) is 2.55. The molecule has 1 rings (SSSR count). The molecule has 0 saturated carbocycles. The lowest BCUT2D eigenvalue weighted by molar-refractivity contribution is 0.0692. The van der Waals surface area contributed by atoms with E-state index in [2.05, 4.69) is 19.1 Å². The first-order valence-electron chi connectivity index (χ1n) is 9.36. The number of aromatic carboxylic acids is 1. The highest BCUT2D eigenvalue weighted by atomic mass is 16.4. The lowest BCUT2D eigenvalue weighted by Gasteiger charge is -2.07. The van der Waals surface area contributed by atoms with Gasteiger partial charge in [-0.2, -0.15) is 0 Å². The van der Waals surface area contributed by atoms with Crippen LogP contribution in [0.5, 0.6) is 5.75 Å². The van der Waals surface area contributed by atoms with E-state index < -0.39 is 5.97 Å². The largest absolute Gasteiger partial charge is 0.507 e. The van der Waals surface area contributed by atoms with Crippen molar-refractivity contribution in [2.24, 2.45) is 0 Å². The Kier molecular flexibility index (Phi) is 10.7. The molecule has 1 aromatic carbocycles. The summed E-state index contributed by atoms with van der Waals surface area (Å²) in [5.74, 6) is -1.18. The minimum atomic E-state index is -1.05. The fourth-order valence-electron chi connectivity index (χ4n) is 2.88. The molecule has 134 valence electrons. The number of aromatic hydroxyl groups is 1. The van der Waals surface area contributed by atoms with Crippen LogP contribution in [0.15, 0.2) is 30.4 Å². The Hall–Kier alpha value is -1.77. The molecule has 0 spiro atoms. The zero-order valence-electron chi connectivity index (χ0n) is 15.0. The average molecular weight is 332 g/mol. The third kappa shape index (κ3) is 8.19. The number of aryl methyl sites for hydroxylation is 1. The van der Waals surface area contributed by atoms with Gasteiger partial charge in [0.2, 0.25) is 0 Å². The highest BCUT2D eigenvalue weighted by Crippen LogP contribution is 2.23. The van der Waals surface area contributed by atoms with E-state index in [1.54, 1.807) is 12.1 Å². The molecule has 0 aliphatic rings. The Morgan fingerprint density at radius 1 is 0.958 bits per heavy atom. The molecule has 0 aliphatic heterocycles. The second-order valence-electron chi connectivity index (χ2n) is 6.39. The topological polar surface area (TPSA) is 57.5 Å². The van der Waals surface area contributed by atoms with Crippen molar-refractivity contribution in [2.75, 3.05) is 0 Å². The normalized spacial score (nSPS) is 11.2. The quantitative estimate of drug-likeness (QED) is 0.338. The molecule has 2 N–H and O–H groups in total. The first-order chi connectivity index (χ1) is 11.7. The third-order valence-corrected chi connectivity index (χ3v) is 4.30. The van der Waals surface area contributed by atoms with Gasteiger partial charge in [0.25, 0.3) is 0 Å². The SMILES string of the molecule is CCCC/C=C\CCCCCCCCc1cccc(O)c1C(=O)O. The van der Waals surface area contributed by atoms with Gasteiger partial charge in [-0.05, 0) is 43.7 Å². The van der Waals surface area contributed by atoms with Gasteiger partial charge in [-0.3, -0.25) is 0 Å². The molecule has 0 aliphatic carbocycles. The second kappa shape index (κ2) is 12.6. The molecule has 0 atom stereocenters. The van der Waals surface area contributed by atoms with E-state index in [-0.39, 0.29) is 11.3 Å². The number of unbranched alkanes of at least 4 members (excludes halogenated alkanes) is 8. The maximum Gasteiger partial charge on any atom is 0.339 e. The first-order valence-corrected chi connectivity index (χ1v) is 9.36. The predicted octanol–water partition coefficient (Wildman–Crippen LogP) is 6.11. The monoisotopic (exact) mass is 332 g/mol. The van der Waals surface area contributed by atoms with Crippen LogP contribution in [-0.4, -0.2) is 16.2 Å². The predicted molar refractivity (Wildman–Crippen MR) is 99.8 cm³/mol. The van der Waals surface area contributed by atoms with Gasteiger partial charge in [0.1, 0.15) is 11.3 Å². The van der Waals surface area contributed by atoms with Crippen LogP contribution in [0.3, 0.4) is 0 Å². The fraction of sp³-hybridized carbons (Fsp3) is 0.571. The van der Waals surface area contributed by atoms with Crippen LogP contribution < -0.4 is 0 Å². The lowest BCUT2D eigenvalue weighted by Crippen LogP contribution is -2.03.